The van der Waals surface area contributed by atoms with Gasteiger partial charge in [0.05, 0.1) is 0 Å². The van der Waals surface area contributed by atoms with Crippen LogP contribution < -0.4 is 0 Å². The summed E-state index contributed by atoms with van der Waals surface area (Å²) in [7, 11) is 3.49. The lowest BCUT2D eigenvalue weighted by atomic mass is 10.1. The maximum Gasteiger partial charge on any atom is 0.319 e. The number of nitrogens with zero attached hydrogens (tertiary/aromatic N) is 6. The van der Waals surface area contributed by atoms with Crippen molar-refractivity contribution in [1.82, 2.24) is 29.1 Å². The fourth-order valence-electron chi connectivity index (χ4n) is 5.48. The van der Waals surface area contributed by atoms with Gasteiger partial charge in [-0.25, -0.2) is 4.79 Å². The van der Waals surface area contributed by atoms with E-state index in [1.54, 1.807) is 23.9 Å². The molecule has 0 aliphatic carbocycles. The molecular weight excluding hydrogens is 468 g/mol. The summed E-state index contributed by atoms with van der Waals surface area (Å²) in [6, 6.07) is 8.28. The third kappa shape index (κ3) is 5.61. The number of fused-ring (bicyclic) bond motifs is 1. The van der Waals surface area contributed by atoms with Crippen LogP contribution in [0, 0.1) is 0 Å². The lowest BCUT2D eigenvalue weighted by Gasteiger charge is -2.36. The molecule has 9 nitrogen and oxygen atoms in total. The van der Waals surface area contributed by atoms with Crippen molar-refractivity contribution in [3.63, 3.8) is 0 Å². The van der Waals surface area contributed by atoms with Crippen LogP contribution in [0.4, 0.5) is 4.79 Å². The van der Waals surface area contributed by atoms with Crippen molar-refractivity contribution in [2.24, 2.45) is 0 Å². The molecular formula is C28H42N6O3. The number of hydrogen-bond acceptors (Lipinski definition) is 4. The van der Waals surface area contributed by atoms with E-state index in [4.69, 9.17) is 0 Å². The molecule has 2 aliphatic heterocycles. The highest BCUT2D eigenvalue weighted by molar-refractivity contribution is 6.02. The Labute approximate surface area is 220 Å². The quantitative estimate of drug-likeness (QED) is 0.633. The van der Waals surface area contributed by atoms with Gasteiger partial charge in [0, 0.05) is 95.0 Å². The SMILES string of the molecule is CC(C)N1CCCN(C(=O)c2ccc3c(c2)cc(C(=O)N2CCN(C(=O)N(C)C)CC2)n3C(C)C)CC1. The third-order valence-electron chi connectivity index (χ3n) is 7.59. The minimum atomic E-state index is -0.0315. The molecule has 0 N–H and O–H groups in total. The van der Waals surface area contributed by atoms with Gasteiger partial charge in [0.15, 0.2) is 0 Å². The number of carbonyl (C=O) groups excluding carboxylic acids is 3. The highest BCUT2D eigenvalue weighted by Crippen LogP contribution is 2.27. The standard InChI is InChI=1S/C28H42N6O3/c1-20(2)30-10-7-11-31(13-12-30)26(35)22-8-9-24-23(18-22)19-25(34(24)21(3)4)27(36)32-14-16-33(17-15-32)28(37)29(5)6/h8-9,18-21H,7,10-17H2,1-6H3. The number of piperazine rings is 1. The van der Waals surface area contributed by atoms with Crippen LogP contribution in [0.1, 0.15) is 61.0 Å². The molecule has 202 valence electrons. The zero-order valence-corrected chi connectivity index (χ0v) is 23.2. The predicted octanol–water partition coefficient (Wildman–Crippen LogP) is 3.22. The van der Waals surface area contributed by atoms with E-state index < -0.39 is 0 Å². The second-order valence-corrected chi connectivity index (χ2v) is 11.0. The van der Waals surface area contributed by atoms with Crippen LogP contribution >= 0.6 is 0 Å². The van der Waals surface area contributed by atoms with Gasteiger partial charge < -0.3 is 24.2 Å². The smallest absolute Gasteiger partial charge is 0.319 e. The van der Waals surface area contributed by atoms with Gasteiger partial charge in [0.1, 0.15) is 5.69 Å². The number of urea groups is 1. The minimum Gasteiger partial charge on any atom is -0.337 e. The number of amides is 4. The molecule has 0 unspecified atom stereocenters. The maximum absolute atomic E-state index is 13.6. The zero-order valence-electron chi connectivity index (χ0n) is 23.2. The summed E-state index contributed by atoms with van der Waals surface area (Å²) in [4.78, 5) is 48.9. The lowest BCUT2D eigenvalue weighted by Crippen LogP contribution is -2.53. The van der Waals surface area contributed by atoms with E-state index in [1.807, 2.05) is 34.1 Å². The summed E-state index contributed by atoms with van der Waals surface area (Å²) < 4.78 is 2.07. The van der Waals surface area contributed by atoms with E-state index in [1.165, 1.54) is 0 Å². The highest BCUT2D eigenvalue weighted by Gasteiger charge is 2.29. The molecule has 3 heterocycles. The molecule has 0 bridgehead atoms. The molecule has 9 heteroatoms. The maximum atomic E-state index is 13.6. The van der Waals surface area contributed by atoms with Gasteiger partial charge in [0.2, 0.25) is 0 Å². The Kier molecular flexibility index (Phi) is 8.11. The summed E-state index contributed by atoms with van der Waals surface area (Å²) in [6.45, 7) is 14.0. The normalized spacial score (nSPS) is 17.6. The van der Waals surface area contributed by atoms with Gasteiger partial charge >= 0.3 is 6.03 Å². The van der Waals surface area contributed by atoms with Gasteiger partial charge in [-0.2, -0.15) is 0 Å². The van der Waals surface area contributed by atoms with E-state index in [0.717, 1.165) is 43.5 Å². The van der Waals surface area contributed by atoms with Crippen molar-refractivity contribution in [1.29, 1.82) is 0 Å². The van der Waals surface area contributed by atoms with Crippen LogP contribution in [0.25, 0.3) is 10.9 Å². The molecule has 2 aromatic rings. The Balaban J connectivity index is 1.54. The van der Waals surface area contributed by atoms with Gasteiger partial charge in [-0.1, -0.05) is 0 Å². The van der Waals surface area contributed by atoms with E-state index in [2.05, 4.69) is 37.2 Å². The van der Waals surface area contributed by atoms with Crippen molar-refractivity contribution in [3.8, 4) is 0 Å². The molecule has 37 heavy (non-hydrogen) atoms. The molecule has 0 radical (unpaired) electrons. The van der Waals surface area contributed by atoms with E-state index in [0.29, 0.717) is 43.5 Å². The second kappa shape index (κ2) is 11.1. The predicted molar refractivity (Wildman–Crippen MR) is 146 cm³/mol. The van der Waals surface area contributed by atoms with E-state index >= 15 is 0 Å². The second-order valence-electron chi connectivity index (χ2n) is 11.0. The largest absolute Gasteiger partial charge is 0.337 e. The van der Waals surface area contributed by atoms with Gasteiger partial charge in [-0.3, -0.25) is 14.5 Å². The fraction of sp³-hybridized carbons (Fsp3) is 0.607. The first kappa shape index (κ1) is 27.0. The first-order valence-electron chi connectivity index (χ1n) is 13.5. The molecule has 1 aromatic heterocycles. The Hall–Kier alpha value is -3.07. The first-order valence-corrected chi connectivity index (χ1v) is 13.5. The number of hydrogen-bond donors (Lipinski definition) is 0. The van der Waals surface area contributed by atoms with Crippen LogP contribution in [-0.4, -0.2) is 119 Å². The number of benzene rings is 1. The van der Waals surface area contributed by atoms with Gasteiger partial charge in [-0.05, 0) is 58.4 Å². The first-order chi connectivity index (χ1) is 17.6. The Morgan fingerprint density at radius 2 is 1.35 bits per heavy atom. The van der Waals surface area contributed by atoms with Gasteiger partial charge in [-0.15, -0.1) is 0 Å². The van der Waals surface area contributed by atoms with Crippen LogP contribution in [-0.2, 0) is 0 Å². The Morgan fingerprint density at radius 1 is 0.730 bits per heavy atom. The van der Waals surface area contributed by atoms with Crippen molar-refractivity contribution >= 4 is 28.7 Å². The molecule has 4 amide bonds. The number of rotatable bonds is 4. The van der Waals surface area contributed by atoms with Crippen LogP contribution in [0.3, 0.4) is 0 Å². The van der Waals surface area contributed by atoms with Crippen molar-refractivity contribution < 1.29 is 14.4 Å². The zero-order chi connectivity index (χ0) is 26.9. The summed E-state index contributed by atoms with van der Waals surface area (Å²) >= 11 is 0. The Bertz CT molecular complexity index is 1150. The fourth-order valence-corrected chi connectivity index (χ4v) is 5.48. The molecule has 0 spiro atoms. The molecule has 0 saturated carbocycles. The molecule has 0 atom stereocenters. The van der Waals surface area contributed by atoms with Crippen molar-refractivity contribution in [2.45, 2.75) is 46.2 Å². The number of aromatic nitrogens is 1. The molecule has 1 aromatic carbocycles. The molecule has 4 rings (SSSR count). The topological polar surface area (TPSA) is 72.3 Å². The van der Waals surface area contributed by atoms with Crippen LogP contribution in [0.15, 0.2) is 24.3 Å². The van der Waals surface area contributed by atoms with Crippen molar-refractivity contribution in [3.05, 3.63) is 35.5 Å². The Morgan fingerprint density at radius 3 is 1.97 bits per heavy atom. The van der Waals surface area contributed by atoms with E-state index in [9.17, 15) is 14.4 Å². The van der Waals surface area contributed by atoms with E-state index in [-0.39, 0.29) is 23.9 Å². The van der Waals surface area contributed by atoms with Crippen LogP contribution in [0.5, 0.6) is 0 Å². The number of carbonyl (C=O) groups is 3. The van der Waals surface area contributed by atoms with Gasteiger partial charge in [0.25, 0.3) is 11.8 Å². The lowest BCUT2D eigenvalue weighted by molar-refractivity contribution is 0.0639. The average Bonchev–Trinajstić information content (AvgIpc) is 3.08. The highest BCUT2D eigenvalue weighted by atomic mass is 16.2. The molecule has 2 fully saturated rings. The molecule has 2 saturated heterocycles. The minimum absolute atomic E-state index is 0.0260. The monoisotopic (exact) mass is 510 g/mol. The molecule has 2 aliphatic rings. The average molecular weight is 511 g/mol. The van der Waals surface area contributed by atoms with Crippen molar-refractivity contribution in [2.75, 3.05) is 66.5 Å². The summed E-state index contributed by atoms with van der Waals surface area (Å²) in [5.74, 6) is 0.0235. The summed E-state index contributed by atoms with van der Waals surface area (Å²) in [5, 5.41) is 0.906. The summed E-state index contributed by atoms with van der Waals surface area (Å²) in [5.41, 5.74) is 2.25. The third-order valence-corrected chi connectivity index (χ3v) is 7.59. The van der Waals surface area contributed by atoms with Crippen LogP contribution in [0.2, 0.25) is 0 Å². The summed E-state index contributed by atoms with van der Waals surface area (Å²) in [6.07, 6.45) is 0.974.